The standard InChI is InChI=1S/C30H33N3O3/c1-20-13-14-26(36-20)29-28-23(17-30(2,3)18-25(28)34)32-22-11-7-8-12-24(22)33(29)19-27(35)31-16-15-21-9-5-4-6-10-21/h4-14,29,32H,15-19H2,1-3H3,(H,31,35). The number of nitrogens with one attached hydrogen (secondary N) is 2. The molecule has 0 saturated carbocycles. The first-order chi connectivity index (χ1) is 17.3. The number of fused-ring (bicyclic) bond motifs is 1. The second kappa shape index (κ2) is 9.69. The third-order valence-corrected chi connectivity index (χ3v) is 6.93. The number of carbonyl (C=O) groups excluding carboxylic acids is 2. The van der Waals surface area contributed by atoms with Crippen LogP contribution in [-0.4, -0.2) is 24.8 Å². The van der Waals surface area contributed by atoms with Crippen LogP contribution in [0.15, 0.2) is 82.4 Å². The van der Waals surface area contributed by atoms with Gasteiger partial charge >= 0.3 is 0 Å². The minimum absolute atomic E-state index is 0.0927. The Labute approximate surface area is 212 Å². The van der Waals surface area contributed by atoms with Gasteiger partial charge in [0.15, 0.2) is 5.78 Å². The van der Waals surface area contributed by atoms with Gasteiger partial charge in [0.05, 0.1) is 17.9 Å². The van der Waals surface area contributed by atoms with Crippen LogP contribution in [0.3, 0.4) is 0 Å². The molecule has 1 aliphatic carbocycles. The number of nitrogens with zero attached hydrogens (tertiary/aromatic N) is 1. The van der Waals surface area contributed by atoms with Crippen LogP contribution in [0, 0.1) is 12.3 Å². The molecule has 2 N–H and O–H groups in total. The minimum Gasteiger partial charge on any atom is -0.464 e. The van der Waals surface area contributed by atoms with E-state index in [0.29, 0.717) is 24.3 Å². The van der Waals surface area contributed by atoms with Crippen molar-refractivity contribution >= 4 is 23.1 Å². The van der Waals surface area contributed by atoms with Crippen LogP contribution in [0.4, 0.5) is 11.4 Å². The van der Waals surface area contributed by atoms with Crippen LogP contribution in [0.2, 0.25) is 0 Å². The Balaban J connectivity index is 1.50. The maximum Gasteiger partial charge on any atom is 0.239 e. The van der Waals surface area contributed by atoms with Crippen LogP contribution in [0.25, 0.3) is 0 Å². The number of ketones is 1. The Morgan fingerprint density at radius 1 is 1.06 bits per heavy atom. The first kappa shape index (κ1) is 23.9. The van der Waals surface area contributed by atoms with Crippen molar-refractivity contribution < 1.29 is 14.0 Å². The van der Waals surface area contributed by atoms with Crippen molar-refractivity contribution in [3.63, 3.8) is 0 Å². The van der Waals surface area contributed by atoms with Crippen molar-refractivity contribution in [2.45, 2.75) is 46.1 Å². The van der Waals surface area contributed by atoms with Crippen LogP contribution in [-0.2, 0) is 16.0 Å². The summed E-state index contributed by atoms with van der Waals surface area (Å²) in [6, 6.07) is 21.4. The van der Waals surface area contributed by atoms with Gasteiger partial charge in [-0.1, -0.05) is 56.3 Å². The van der Waals surface area contributed by atoms with Gasteiger partial charge in [0.25, 0.3) is 0 Å². The van der Waals surface area contributed by atoms with E-state index in [-0.39, 0.29) is 23.7 Å². The molecule has 1 aliphatic heterocycles. The highest BCUT2D eigenvalue weighted by Gasteiger charge is 2.43. The lowest BCUT2D eigenvalue weighted by atomic mass is 9.74. The van der Waals surface area contributed by atoms with E-state index in [0.717, 1.165) is 35.7 Å². The Hall–Kier alpha value is -3.80. The number of hydrogen-bond acceptors (Lipinski definition) is 5. The van der Waals surface area contributed by atoms with Crippen LogP contribution >= 0.6 is 0 Å². The average molecular weight is 484 g/mol. The zero-order chi connectivity index (χ0) is 25.3. The molecule has 0 saturated heterocycles. The number of Topliss-reactive ketones (excluding diaryl/α,β-unsaturated/α-hetero) is 1. The Morgan fingerprint density at radius 2 is 1.81 bits per heavy atom. The minimum atomic E-state index is -0.492. The predicted molar refractivity (Wildman–Crippen MR) is 142 cm³/mol. The van der Waals surface area contributed by atoms with E-state index < -0.39 is 6.04 Å². The fourth-order valence-electron chi connectivity index (χ4n) is 5.33. The molecular weight excluding hydrogens is 450 g/mol. The first-order valence-corrected chi connectivity index (χ1v) is 12.6. The van der Waals surface area contributed by atoms with Crippen LogP contribution < -0.4 is 15.5 Å². The molecule has 1 aromatic heterocycles. The fourth-order valence-corrected chi connectivity index (χ4v) is 5.33. The molecule has 186 valence electrons. The second-order valence-electron chi connectivity index (χ2n) is 10.5. The van der Waals surface area contributed by atoms with E-state index in [1.807, 2.05) is 66.4 Å². The van der Waals surface area contributed by atoms with Crippen molar-refractivity contribution in [3.05, 3.63) is 95.1 Å². The number of amides is 1. The first-order valence-electron chi connectivity index (χ1n) is 12.6. The van der Waals surface area contributed by atoms with Crippen molar-refractivity contribution in [2.75, 3.05) is 23.3 Å². The molecule has 5 rings (SSSR count). The Bertz CT molecular complexity index is 1310. The molecule has 2 heterocycles. The van der Waals surface area contributed by atoms with E-state index in [4.69, 9.17) is 4.42 Å². The van der Waals surface area contributed by atoms with E-state index in [9.17, 15) is 9.59 Å². The summed E-state index contributed by atoms with van der Waals surface area (Å²) >= 11 is 0. The highest BCUT2D eigenvalue weighted by Crippen LogP contribution is 2.48. The number of aryl methyl sites for hydroxylation is 1. The van der Waals surface area contributed by atoms with Gasteiger partial charge in [-0.3, -0.25) is 9.59 Å². The maximum atomic E-state index is 13.6. The summed E-state index contributed by atoms with van der Waals surface area (Å²) in [5, 5.41) is 6.64. The molecule has 0 spiro atoms. The smallest absolute Gasteiger partial charge is 0.239 e. The molecule has 36 heavy (non-hydrogen) atoms. The lowest BCUT2D eigenvalue weighted by molar-refractivity contribution is -0.120. The monoisotopic (exact) mass is 483 g/mol. The average Bonchev–Trinajstić information content (AvgIpc) is 3.21. The largest absolute Gasteiger partial charge is 0.464 e. The highest BCUT2D eigenvalue weighted by molar-refractivity contribution is 6.01. The summed E-state index contributed by atoms with van der Waals surface area (Å²) in [5.74, 6) is 1.44. The summed E-state index contributed by atoms with van der Waals surface area (Å²) in [7, 11) is 0. The van der Waals surface area contributed by atoms with Gasteiger partial charge < -0.3 is 20.0 Å². The lowest BCUT2D eigenvalue weighted by Crippen LogP contribution is -2.42. The summed E-state index contributed by atoms with van der Waals surface area (Å²) in [5.41, 5.74) is 4.39. The molecule has 6 heteroatoms. The Kier molecular flexibility index (Phi) is 6.44. The molecule has 0 fully saturated rings. The van der Waals surface area contributed by atoms with Gasteiger partial charge in [0, 0.05) is 24.2 Å². The summed E-state index contributed by atoms with van der Waals surface area (Å²) < 4.78 is 6.11. The topological polar surface area (TPSA) is 74.6 Å². The quantitative estimate of drug-likeness (QED) is 0.480. The highest BCUT2D eigenvalue weighted by atomic mass is 16.3. The number of carbonyl (C=O) groups is 2. The molecule has 1 amide bonds. The molecule has 3 aromatic rings. The molecule has 2 aliphatic rings. The number of para-hydroxylation sites is 2. The third kappa shape index (κ3) is 4.94. The summed E-state index contributed by atoms with van der Waals surface area (Å²) in [6.07, 6.45) is 1.96. The number of rotatable bonds is 6. The van der Waals surface area contributed by atoms with Crippen LogP contribution in [0.1, 0.15) is 49.8 Å². The number of anilines is 2. The lowest BCUT2D eigenvalue weighted by Gasteiger charge is -2.36. The van der Waals surface area contributed by atoms with Gasteiger partial charge in [-0.05, 0) is 55.0 Å². The van der Waals surface area contributed by atoms with E-state index in [1.165, 1.54) is 5.56 Å². The Morgan fingerprint density at radius 3 is 2.56 bits per heavy atom. The zero-order valence-electron chi connectivity index (χ0n) is 21.1. The van der Waals surface area contributed by atoms with Crippen molar-refractivity contribution in [3.8, 4) is 0 Å². The summed E-state index contributed by atoms with van der Waals surface area (Å²) in [6.45, 7) is 6.79. The summed E-state index contributed by atoms with van der Waals surface area (Å²) in [4.78, 5) is 28.9. The molecule has 1 unspecified atom stereocenters. The number of furan rings is 1. The number of benzene rings is 2. The third-order valence-electron chi connectivity index (χ3n) is 6.93. The van der Waals surface area contributed by atoms with Gasteiger partial charge in [-0.25, -0.2) is 0 Å². The second-order valence-corrected chi connectivity index (χ2v) is 10.5. The van der Waals surface area contributed by atoms with E-state index in [2.05, 4.69) is 36.6 Å². The molecule has 1 atom stereocenters. The van der Waals surface area contributed by atoms with Crippen LogP contribution in [0.5, 0.6) is 0 Å². The van der Waals surface area contributed by atoms with Crippen molar-refractivity contribution in [1.29, 1.82) is 0 Å². The van der Waals surface area contributed by atoms with Gasteiger partial charge in [-0.15, -0.1) is 0 Å². The normalized spacial score (nSPS) is 18.7. The fraction of sp³-hybridized carbons (Fsp3) is 0.333. The molecule has 0 bridgehead atoms. The van der Waals surface area contributed by atoms with E-state index in [1.54, 1.807) is 0 Å². The SMILES string of the molecule is Cc1ccc(C2C3=C(CC(C)(C)CC3=O)Nc3ccccc3N2CC(=O)NCCc2ccccc2)o1. The van der Waals surface area contributed by atoms with Crippen molar-refractivity contribution in [2.24, 2.45) is 5.41 Å². The molecule has 0 radical (unpaired) electrons. The van der Waals surface area contributed by atoms with Gasteiger partial charge in [0.1, 0.15) is 17.6 Å². The predicted octanol–water partition coefficient (Wildman–Crippen LogP) is 5.56. The number of allylic oxidation sites excluding steroid dienone is 1. The van der Waals surface area contributed by atoms with E-state index >= 15 is 0 Å². The van der Waals surface area contributed by atoms with Crippen molar-refractivity contribution in [1.82, 2.24) is 5.32 Å². The molecule has 6 nitrogen and oxygen atoms in total. The molecular formula is C30H33N3O3. The number of hydrogen-bond donors (Lipinski definition) is 2. The molecule has 2 aromatic carbocycles. The maximum absolute atomic E-state index is 13.6. The van der Waals surface area contributed by atoms with Gasteiger partial charge in [0.2, 0.25) is 5.91 Å². The zero-order valence-corrected chi connectivity index (χ0v) is 21.1. The van der Waals surface area contributed by atoms with Gasteiger partial charge in [-0.2, -0.15) is 0 Å².